The van der Waals surface area contributed by atoms with Gasteiger partial charge < -0.3 is 14.5 Å². The fraction of sp³-hybridized carbons (Fsp3) is 0.167. The van der Waals surface area contributed by atoms with Gasteiger partial charge in [-0.3, -0.25) is 4.79 Å². The number of hydrogen-bond donors (Lipinski definition) is 1. The predicted octanol–water partition coefficient (Wildman–Crippen LogP) is 3.56. The van der Waals surface area contributed by atoms with Crippen molar-refractivity contribution in [2.24, 2.45) is 0 Å². The lowest BCUT2D eigenvalue weighted by Crippen LogP contribution is -2.03. The second-order valence-electron chi connectivity index (χ2n) is 5.06. The zero-order valence-electron chi connectivity index (χ0n) is 12.6. The van der Waals surface area contributed by atoms with E-state index in [9.17, 15) is 4.79 Å². The van der Waals surface area contributed by atoms with Gasteiger partial charge in [0.15, 0.2) is 0 Å². The summed E-state index contributed by atoms with van der Waals surface area (Å²) in [5, 5.41) is 1.04. The molecule has 0 aliphatic carbocycles. The van der Waals surface area contributed by atoms with Crippen molar-refractivity contribution in [3.05, 3.63) is 54.2 Å². The summed E-state index contributed by atoms with van der Waals surface area (Å²) in [6, 6.07) is 14.1. The maximum atomic E-state index is 11.5. The SMILES string of the molecule is COC(=O)Cc1c[nH]c2ccc(-c3ccc(OC)cc3)cc12. The van der Waals surface area contributed by atoms with Crippen LogP contribution in [0.2, 0.25) is 0 Å². The highest BCUT2D eigenvalue weighted by Crippen LogP contribution is 2.28. The van der Waals surface area contributed by atoms with Gasteiger partial charge in [0.1, 0.15) is 5.75 Å². The third-order valence-electron chi connectivity index (χ3n) is 3.75. The summed E-state index contributed by atoms with van der Waals surface area (Å²) in [4.78, 5) is 14.7. The minimum Gasteiger partial charge on any atom is -0.497 e. The number of carbonyl (C=O) groups excluding carboxylic acids is 1. The molecule has 112 valence electrons. The number of benzene rings is 2. The summed E-state index contributed by atoms with van der Waals surface area (Å²) in [5.41, 5.74) is 4.15. The zero-order chi connectivity index (χ0) is 15.5. The van der Waals surface area contributed by atoms with Crippen LogP contribution in [0.1, 0.15) is 5.56 Å². The minimum atomic E-state index is -0.240. The Hall–Kier alpha value is -2.75. The van der Waals surface area contributed by atoms with Gasteiger partial charge in [-0.1, -0.05) is 18.2 Å². The minimum absolute atomic E-state index is 0.240. The third kappa shape index (κ3) is 2.68. The van der Waals surface area contributed by atoms with Crippen molar-refractivity contribution in [3.8, 4) is 16.9 Å². The van der Waals surface area contributed by atoms with Gasteiger partial charge in [-0.05, 0) is 41.0 Å². The van der Waals surface area contributed by atoms with Crippen LogP contribution in [0.4, 0.5) is 0 Å². The molecule has 0 saturated carbocycles. The molecule has 1 aromatic heterocycles. The number of methoxy groups -OCH3 is 2. The van der Waals surface area contributed by atoms with Gasteiger partial charge >= 0.3 is 5.97 Å². The van der Waals surface area contributed by atoms with E-state index in [2.05, 4.69) is 17.1 Å². The number of nitrogens with one attached hydrogen (secondary N) is 1. The lowest BCUT2D eigenvalue weighted by molar-refractivity contribution is -0.139. The molecule has 3 aromatic rings. The number of H-pyrrole nitrogens is 1. The number of aromatic nitrogens is 1. The molecule has 0 bridgehead atoms. The quantitative estimate of drug-likeness (QED) is 0.749. The van der Waals surface area contributed by atoms with Crippen molar-refractivity contribution in [1.82, 2.24) is 4.98 Å². The third-order valence-corrected chi connectivity index (χ3v) is 3.75. The zero-order valence-corrected chi connectivity index (χ0v) is 12.6. The van der Waals surface area contributed by atoms with Crippen LogP contribution in [0, 0.1) is 0 Å². The molecule has 0 spiro atoms. The molecule has 22 heavy (non-hydrogen) atoms. The van der Waals surface area contributed by atoms with E-state index in [1.54, 1.807) is 7.11 Å². The van der Waals surface area contributed by atoms with E-state index in [4.69, 9.17) is 9.47 Å². The molecular formula is C18H17NO3. The molecule has 0 radical (unpaired) electrons. The van der Waals surface area contributed by atoms with Crippen LogP contribution in [0.5, 0.6) is 5.75 Å². The Kier molecular flexibility index (Phi) is 3.83. The number of rotatable bonds is 4. The molecule has 0 unspecified atom stereocenters. The van der Waals surface area contributed by atoms with Crippen molar-refractivity contribution < 1.29 is 14.3 Å². The highest BCUT2D eigenvalue weighted by molar-refractivity contribution is 5.90. The summed E-state index contributed by atoms with van der Waals surface area (Å²) >= 11 is 0. The normalized spacial score (nSPS) is 10.6. The molecule has 0 aliphatic heterocycles. The van der Waals surface area contributed by atoms with Crippen molar-refractivity contribution in [1.29, 1.82) is 0 Å². The molecular weight excluding hydrogens is 278 g/mol. The molecule has 1 heterocycles. The summed E-state index contributed by atoms with van der Waals surface area (Å²) < 4.78 is 9.93. The summed E-state index contributed by atoms with van der Waals surface area (Å²) in [5.74, 6) is 0.591. The van der Waals surface area contributed by atoms with Gasteiger partial charge in [0.25, 0.3) is 0 Å². The van der Waals surface area contributed by atoms with Gasteiger partial charge in [-0.25, -0.2) is 0 Å². The fourth-order valence-corrected chi connectivity index (χ4v) is 2.52. The highest BCUT2D eigenvalue weighted by atomic mass is 16.5. The molecule has 1 N–H and O–H groups in total. The van der Waals surface area contributed by atoms with Crippen LogP contribution in [0.25, 0.3) is 22.0 Å². The second-order valence-corrected chi connectivity index (χ2v) is 5.06. The van der Waals surface area contributed by atoms with Crippen LogP contribution >= 0.6 is 0 Å². The van der Waals surface area contributed by atoms with Crippen LogP contribution in [0.15, 0.2) is 48.7 Å². The summed E-state index contributed by atoms with van der Waals surface area (Å²) in [7, 11) is 3.06. The molecule has 4 heteroatoms. The van der Waals surface area contributed by atoms with Crippen molar-refractivity contribution in [2.45, 2.75) is 6.42 Å². The number of fused-ring (bicyclic) bond motifs is 1. The first-order chi connectivity index (χ1) is 10.7. The Morgan fingerprint density at radius 2 is 1.77 bits per heavy atom. The molecule has 4 nitrogen and oxygen atoms in total. The number of carbonyl (C=O) groups is 1. The smallest absolute Gasteiger partial charge is 0.310 e. The number of esters is 1. The number of aromatic amines is 1. The highest BCUT2D eigenvalue weighted by Gasteiger charge is 2.10. The molecule has 0 amide bonds. The van der Waals surface area contributed by atoms with Crippen LogP contribution in [-0.4, -0.2) is 25.2 Å². The van der Waals surface area contributed by atoms with Gasteiger partial charge in [0.2, 0.25) is 0 Å². The largest absolute Gasteiger partial charge is 0.497 e. The maximum absolute atomic E-state index is 11.5. The average molecular weight is 295 g/mol. The predicted molar refractivity (Wildman–Crippen MR) is 86.0 cm³/mol. The lowest BCUT2D eigenvalue weighted by atomic mass is 10.0. The standard InChI is InChI=1S/C18H17NO3/c1-21-15-6-3-12(4-7-15)13-5-8-17-16(9-13)14(11-19-17)10-18(20)22-2/h3-9,11,19H,10H2,1-2H3. The molecule has 3 rings (SSSR count). The number of hydrogen-bond acceptors (Lipinski definition) is 3. The molecule has 0 atom stereocenters. The van der Waals surface area contributed by atoms with Gasteiger partial charge in [0, 0.05) is 17.1 Å². The van der Waals surface area contributed by atoms with E-state index in [1.165, 1.54) is 7.11 Å². The first-order valence-electron chi connectivity index (χ1n) is 7.02. The van der Waals surface area contributed by atoms with E-state index in [0.717, 1.165) is 33.3 Å². The second kappa shape index (κ2) is 5.93. The van der Waals surface area contributed by atoms with Crippen molar-refractivity contribution in [2.75, 3.05) is 14.2 Å². The van der Waals surface area contributed by atoms with Gasteiger partial charge in [-0.15, -0.1) is 0 Å². The monoisotopic (exact) mass is 295 g/mol. The van der Waals surface area contributed by atoms with Crippen LogP contribution in [0.3, 0.4) is 0 Å². The number of ether oxygens (including phenoxy) is 2. The molecule has 0 fully saturated rings. The van der Waals surface area contributed by atoms with Gasteiger partial charge in [-0.2, -0.15) is 0 Å². The average Bonchev–Trinajstić information content (AvgIpc) is 2.97. The Bertz CT molecular complexity index is 803. The first kappa shape index (κ1) is 14.2. The Balaban J connectivity index is 2.00. The Morgan fingerprint density at radius 1 is 1.05 bits per heavy atom. The molecule has 0 aliphatic rings. The van der Waals surface area contributed by atoms with Crippen LogP contribution in [-0.2, 0) is 16.0 Å². The van der Waals surface area contributed by atoms with E-state index in [-0.39, 0.29) is 12.4 Å². The van der Waals surface area contributed by atoms with E-state index < -0.39 is 0 Å². The summed E-state index contributed by atoms with van der Waals surface area (Å²) in [6.07, 6.45) is 2.13. The Morgan fingerprint density at radius 3 is 2.45 bits per heavy atom. The van der Waals surface area contributed by atoms with E-state index in [1.807, 2.05) is 36.5 Å². The summed E-state index contributed by atoms with van der Waals surface area (Å²) in [6.45, 7) is 0. The topological polar surface area (TPSA) is 51.3 Å². The van der Waals surface area contributed by atoms with E-state index in [0.29, 0.717) is 0 Å². The lowest BCUT2D eigenvalue weighted by Gasteiger charge is -2.05. The fourth-order valence-electron chi connectivity index (χ4n) is 2.52. The van der Waals surface area contributed by atoms with E-state index >= 15 is 0 Å². The Labute approximate surface area is 128 Å². The molecule has 2 aromatic carbocycles. The first-order valence-corrected chi connectivity index (χ1v) is 7.02. The van der Waals surface area contributed by atoms with Crippen molar-refractivity contribution in [3.63, 3.8) is 0 Å². The maximum Gasteiger partial charge on any atom is 0.310 e. The van der Waals surface area contributed by atoms with Crippen molar-refractivity contribution >= 4 is 16.9 Å². The van der Waals surface area contributed by atoms with Crippen LogP contribution < -0.4 is 4.74 Å². The van der Waals surface area contributed by atoms with Gasteiger partial charge in [0.05, 0.1) is 20.6 Å². The molecule has 0 saturated heterocycles.